The molecule has 2 aromatic carbocycles. The molecule has 0 saturated carbocycles. The van der Waals surface area contributed by atoms with Crippen LogP contribution >= 0.6 is 23.2 Å². The van der Waals surface area contributed by atoms with Gasteiger partial charge in [0, 0.05) is 11.1 Å². The van der Waals surface area contributed by atoms with Gasteiger partial charge in [0.25, 0.3) is 0 Å². The molecule has 0 bridgehead atoms. The second-order valence-electron chi connectivity index (χ2n) is 3.69. The summed E-state index contributed by atoms with van der Waals surface area (Å²) in [6.07, 6.45) is 0. The van der Waals surface area contributed by atoms with Gasteiger partial charge in [0.05, 0.1) is 5.02 Å². The molecule has 0 saturated heterocycles. The van der Waals surface area contributed by atoms with Crippen LogP contribution in [0.5, 0.6) is 5.75 Å². The maximum Gasteiger partial charge on any atom is 0.340 e. The normalized spacial score (nSPS) is 11.4. The molecule has 0 aliphatic carbocycles. The van der Waals surface area contributed by atoms with Gasteiger partial charge >= 0.3 is 10.1 Å². The standard InChI is InChI=1S/C12H6Cl2F2O3S/c13-7-1-3-9(14)12(5-7)20(17,18)19-8-2-4-10(15)11(16)6-8/h1-6H. The average Bonchev–Trinajstić information content (AvgIpc) is 2.36. The zero-order chi connectivity index (χ0) is 14.9. The quantitative estimate of drug-likeness (QED) is 0.793. The summed E-state index contributed by atoms with van der Waals surface area (Å²) in [6.45, 7) is 0. The molecule has 20 heavy (non-hydrogen) atoms. The molecule has 0 aliphatic rings. The van der Waals surface area contributed by atoms with Crippen molar-refractivity contribution >= 4 is 33.3 Å². The summed E-state index contributed by atoms with van der Waals surface area (Å²) in [5.41, 5.74) is 0. The monoisotopic (exact) mass is 338 g/mol. The van der Waals surface area contributed by atoms with Crippen molar-refractivity contribution < 1.29 is 21.4 Å². The Balaban J connectivity index is 2.40. The second-order valence-corrected chi connectivity index (χ2v) is 6.05. The number of rotatable bonds is 3. The molecule has 8 heteroatoms. The molecule has 0 amide bonds. The van der Waals surface area contributed by atoms with E-state index in [9.17, 15) is 17.2 Å². The minimum Gasteiger partial charge on any atom is -0.379 e. The molecule has 106 valence electrons. The van der Waals surface area contributed by atoms with Gasteiger partial charge in [0.2, 0.25) is 0 Å². The van der Waals surface area contributed by atoms with Gasteiger partial charge in [-0.2, -0.15) is 8.42 Å². The third-order valence-corrected chi connectivity index (χ3v) is 4.22. The number of hydrogen-bond acceptors (Lipinski definition) is 3. The molecule has 0 radical (unpaired) electrons. The highest BCUT2D eigenvalue weighted by atomic mass is 35.5. The fourth-order valence-electron chi connectivity index (χ4n) is 1.37. The second kappa shape index (κ2) is 5.55. The Hall–Kier alpha value is -1.37. The van der Waals surface area contributed by atoms with Crippen molar-refractivity contribution in [3.05, 3.63) is 58.1 Å². The first-order valence-corrected chi connectivity index (χ1v) is 7.30. The van der Waals surface area contributed by atoms with Gasteiger partial charge in [-0.15, -0.1) is 0 Å². The highest BCUT2D eigenvalue weighted by molar-refractivity contribution is 7.87. The third-order valence-electron chi connectivity index (χ3n) is 2.26. The Kier molecular flexibility index (Phi) is 4.17. The summed E-state index contributed by atoms with van der Waals surface area (Å²) in [5, 5.41) is 0.0406. The van der Waals surface area contributed by atoms with Gasteiger partial charge in [-0.25, -0.2) is 8.78 Å². The van der Waals surface area contributed by atoms with Gasteiger partial charge < -0.3 is 4.18 Å². The lowest BCUT2D eigenvalue weighted by atomic mass is 10.3. The molecule has 0 fully saturated rings. The number of halogens is 4. The van der Waals surface area contributed by atoms with E-state index >= 15 is 0 Å². The van der Waals surface area contributed by atoms with Crippen molar-refractivity contribution in [3.8, 4) is 5.75 Å². The van der Waals surface area contributed by atoms with Crippen molar-refractivity contribution in [2.24, 2.45) is 0 Å². The van der Waals surface area contributed by atoms with Gasteiger partial charge in [-0.05, 0) is 30.3 Å². The Labute approximate surface area is 123 Å². The Morgan fingerprint density at radius 3 is 2.30 bits per heavy atom. The van der Waals surface area contributed by atoms with Gasteiger partial charge in [0.1, 0.15) is 10.6 Å². The largest absolute Gasteiger partial charge is 0.379 e. The van der Waals surface area contributed by atoms with E-state index in [1.165, 1.54) is 12.1 Å². The van der Waals surface area contributed by atoms with Crippen LogP contribution in [-0.4, -0.2) is 8.42 Å². The molecule has 3 nitrogen and oxygen atoms in total. The zero-order valence-corrected chi connectivity index (χ0v) is 11.9. The van der Waals surface area contributed by atoms with Crippen molar-refractivity contribution in [2.45, 2.75) is 4.90 Å². The van der Waals surface area contributed by atoms with Crippen molar-refractivity contribution in [3.63, 3.8) is 0 Å². The van der Waals surface area contributed by atoms with E-state index in [4.69, 9.17) is 23.2 Å². The molecule has 2 aromatic rings. The molecule has 0 N–H and O–H groups in total. The fraction of sp³-hybridized carbons (Fsp3) is 0. The van der Waals surface area contributed by atoms with Crippen LogP contribution < -0.4 is 4.18 Å². The smallest absolute Gasteiger partial charge is 0.340 e. The first-order chi connectivity index (χ1) is 9.29. The van der Waals surface area contributed by atoms with E-state index in [-0.39, 0.29) is 20.7 Å². The van der Waals surface area contributed by atoms with E-state index in [2.05, 4.69) is 4.18 Å². The summed E-state index contributed by atoms with van der Waals surface area (Å²) in [4.78, 5) is -0.364. The van der Waals surface area contributed by atoms with Gasteiger partial charge in [0.15, 0.2) is 11.6 Å². The maximum atomic E-state index is 13.0. The van der Waals surface area contributed by atoms with Crippen LogP contribution in [0.1, 0.15) is 0 Å². The molecule has 0 atom stereocenters. The average molecular weight is 339 g/mol. The lowest BCUT2D eigenvalue weighted by Crippen LogP contribution is -2.10. The van der Waals surface area contributed by atoms with Crippen LogP contribution in [-0.2, 0) is 10.1 Å². The molecule has 0 heterocycles. The summed E-state index contributed by atoms with van der Waals surface area (Å²) in [7, 11) is -4.30. The Morgan fingerprint density at radius 2 is 1.65 bits per heavy atom. The number of benzene rings is 2. The maximum absolute atomic E-state index is 13.0. The first-order valence-electron chi connectivity index (χ1n) is 5.14. The highest BCUT2D eigenvalue weighted by Crippen LogP contribution is 2.28. The van der Waals surface area contributed by atoms with Gasteiger partial charge in [-0.1, -0.05) is 23.2 Å². The molecular formula is C12H6Cl2F2O3S. The summed E-state index contributed by atoms with van der Waals surface area (Å²) in [6, 6.07) is 6.13. The van der Waals surface area contributed by atoms with Gasteiger partial charge in [-0.3, -0.25) is 0 Å². The predicted molar refractivity (Wildman–Crippen MR) is 70.6 cm³/mol. The van der Waals surface area contributed by atoms with Crippen molar-refractivity contribution in [1.29, 1.82) is 0 Å². The lowest BCUT2D eigenvalue weighted by molar-refractivity contribution is 0.472. The van der Waals surface area contributed by atoms with Crippen LogP contribution in [0.25, 0.3) is 0 Å². The van der Waals surface area contributed by atoms with Crippen molar-refractivity contribution in [1.82, 2.24) is 0 Å². The minimum atomic E-state index is -4.30. The molecule has 0 aliphatic heterocycles. The fourth-order valence-corrected chi connectivity index (χ4v) is 3.03. The first kappa shape index (κ1) is 15.0. The summed E-state index contributed by atoms with van der Waals surface area (Å²) in [5.74, 6) is -2.72. The van der Waals surface area contributed by atoms with Crippen LogP contribution in [0.15, 0.2) is 41.3 Å². The predicted octanol–water partition coefficient (Wildman–Crippen LogP) is 4.04. The van der Waals surface area contributed by atoms with E-state index in [0.29, 0.717) is 6.07 Å². The van der Waals surface area contributed by atoms with E-state index in [1.54, 1.807) is 0 Å². The van der Waals surface area contributed by atoms with E-state index in [1.807, 2.05) is 0 Å². The molecule has 0 spiro atoms. The SMILES string of the molecule is O=S(=O)(Oc1ccc(F)c(F)c1)c1cc(Cl)ccc1Cl. The summed E-state index contributed by atoms with van der Waals surface area (Å²) >= 11 is 11.4. The van der Waals surface area contributed by atoms with E-state index < -0.39 is 21.8 Å². The van der Waals surface area contributed by atoms with Crippen LogP contribution in [0.2, 0.25) is 10.0 Å². The Bertz CT molecular complexity index is 763. The van der Waals surface area contributed by atoms with Crippen LogP contribution in [0, 0.1) is 11.6 Å². The lowest BCUT2D eigenvalue weighted by Gasteiger charge is -2.09. The van der Waals surface area contributed by atoms with Crippen LogP contribution in [0.3, 0.4) is 0 Å². The topological polar surface area (TPSA) is 43.4 Å². The third kappa shape index (κ3) is 3.20. The Morgan fingerprint density at radius 1 is 0.950 bits per heavy atom. The molecule has 2 rings (SSSR count). The van der Waals surface area contributed by atoms with E-state index in [0.717, 1.165) is 18.2 Å². The molecular weight excluding hydrogens is 333 g/mol. The summed E-state index contributed by atoms with van der Waals surface area (Å²) < 4.78 is 54.4. The number of hydrogen-bond donors (Lipinski definition) is 0. The highest BCUT2D eigenvalue weighted by Gasteiger charge is 2.21. The van der Waals surface area contributed by atoms with Crippen molar-refractivity contribution in [2.75, 3.05) is 0 Å². The zero-order valence-electron chi connectivity index (χ0n) is 9.61. The van der Waals surface area contributed by atoms with Crippen LogP contribution in [0.4, 0.5) is 8.78 Å². The minimum absolute atomic E-state index is 0.100. The molecule has 0 unspecified atom stereocenters. The molecule has 0 aromatic heterocycles.